The predicted molar refractivity (Wildman–Crippen MR) is 49.3 cm³/mol. The smallest absolute Gasteiger partial charge is 0.332 e. The Bertz CT molecular complexity index is 206. The van der Waals surface area contributed by atoms with E-state index >= 15 is 0 Å². The molecule has 2 unspecified atom stereocenters. The monoisotopic (exact) mass is 185 g/mol. The predicted octanol–water partition coefficient (Wildman–Crippen LogP) is 0.456. The third-order valence-corrected chi connectivity index (χ3v) is 1.99. The zero-order valence-corrected chi connectivity index (χ0v) is 7.69. The van der Waals surface area contributed by atoms with Crippen LogP contribution in [0.15, 0.2) is 5.10 Å². The summed E-state index contributed by atoms with van der Waals surface area (Å²) in [7, 11) is 0. The van der Waals surface area contributed by atoms with Crippen LogP contribution in [0.25, 0.3) is 0 Å². The van der Waals surface area contributed by atoms with Gasteiger partial charge in [0.25, 0.3) is 0 Å². The van der Waals surface area contributed by atoms with E-state index in [4.69, 9.17) is 10.5 Å². The second-order valence-corrected chi connectivity index (χ2v) is 3.22. The number of hydrogen-bond donors (Lipinski definition) is 2. The van der Waals surface area contributed by atoms with Gasteiger partial charge in [0.05, 0.1) is 6.10 Å². The zero-order valence-electron chi connectivity index (χ0n) is 7.69. The van der Waals surface area contributed by atoms with Crippen LogP contribution in [0.4, 0.5) is 4.79 Å². The molecule has 74 valence electrons. The average molecular weight is 185 g/mol. The van der Waals surface area contributed by atoms with Gasteiger partial charge in [-0.1, -0.05) is 0 Å². The van der Waals surface area contributed by atoms with Crippen LogP contribution in [-0.2, 0) is 4.74 Å². The summed E-state index contributed by atoms with van der Waals surface area (Å²) in [6.07, 6.45) is 3.90. The maximum Gasteiger partial charge on any atom is 0.332 e. The quantitative estimate of drug-likeness (QED) is 0.484. The number of urea groups is 1. The highest BCUT2D eigenvalue weighted by Crippen LogP contribution is 2.17. The molecule has 1 saturated heterocycles. The molecule has 13 heavy (non-hydrogen) atoms. The van der Waals surface area contributed by atoms with E-state index in [-0.39, 0.29) is 6.10 Å². The van der Waals surface area contributed by atoms with Gasteiger partial charge in [-0.2, -0.15) is 5.10 Å². The number of nitrogens with one attached hydrogen (secondary N) is 1. The molecule has 0 bridgehead atoms. The van der Waals surface area contributed by atoms with Crippen LogP contribution in [-0.4, -0.2) is 25.0 Å². The molecule has 0 aromatic carbocycles. The highest BCUT2D eigenvalue weighted by molar-refractivity contribution is 5.73. The first-order valence-electron chi connectivity index (χ1n) is 4.38. The molecule has 1 aliphatic heterocycles. The van der Waals surface area contributed by atoms with Gasteiger partial charge in [-0.25, -0.2) is 10.2 Å². The SMILES string of the molecule is CC1CC(/C=N/NC(N)=O)CCO1. The van der Waals surface area contributed by atoms with Gasteiger partial charge in [-0.05, 0) is 19.8 Å². The first-order chi connectivity index (χ1) is 6.18. The Hall–Kier alpha value is -1.10. The van der Waals surface area contributed by atoms with Gasteiger partial charge in [0.15, 0.2) is 0 Å². The fraction of sp³-hybridized carbons (Fsp3) is 0.750. The van der Waals surface area contributed by atoms with Crippen LogP contribution in [0.5, 0.6) is 0 Å². The largest absolute Gasteiger partial charge is 0.378 e. The van der Waals surface area contributed by atoms with Crippen molar-refractivity contribution in [1.82, 2.24) is 5.43 Å². The van der Waals surface area contributed by atoms with Gasteiger partial charge in [0.1, 0.15) is 0 Å². The fourth-order valence-electron chi connectivity index (χ4n) is 1.37. The Morgan fingerprint density at radius 1 is 1.77 bits per heavy atom. The van der Waals surface area contributed by atoms with Crippen molar-refractivity contribution in [2.24, 2.45) is 16.8 Å². The van der Waals surface area contributed by atoms with E-state index in [0.29, 0.717) is 5.92 Å². The number of hydrogen-bond acceptors (Lipinski definition) is 3. The van der Waals surface area contributed by atoms with Gasteiger partial charge in [-0.3, -0.25) is 0 Å². The second kappa shape index (κ2) is 4.81. The van der Waals surface area contributed by atoms with Crippen LogP contribution in [0.2, 0.25) is 0 Å². The number of rotatable bonds is 2. The molecule has 2 atom stereocenters. The summed E-state index contributed by atoms with van der Waals surface area (Å²) in [5.74, 6) is 0.385. The number of nitrogens with zero attached hydrogens (tertiary/aromatic N) is 1. The van der Waals surface area contributed by atoms with Crippen LogP contribution in [0, 0.1) is 5.92 Å². The number of hydrazone groups is 1. The van der Waals surface area contributed by atoms with Crippen LogP contribution < -0.4 is 11.2 Å². The summed E-state index contributed by atoms with van der Waals surface area (Å²) in [5, 5.41) is 3.72. The summed E-state index contributed by atoms with van der Waals surface area (Å²) in [5.41, 5.74) is 7.02. The Balaban J connectivity index is 2.27. The summed E-state index contributed by atoms with van der Waals surface area (Å²) in [4.78, 5) is 10.3. The lowest BCUT2D eigenvalue weighted by molar-refractivity contribution is 0.0170. The Morgan fingerprint density at radius 3 is 3.15 bits per heavy atom. The molecule has 1 rings (SSSR count). The van der Waals surface area contributed by atoms with Gasteiger partial charge < -0.3 is 10.5 Å². The topological polar surface area (TPSA) is 76.7 Å². The van der Waals surface area contributed by atoms with Gasteiger partial charge >= 0.3 is 6.03 Å². The second-order valence-electron chi connectivity index (χ2n) is 3.22. The van der Waals surface area contributed by atoms with Crippen molar-refractivity contribution in [2.75, 3.05) is 6.61 Å². The number of carbonyl (C=O) groups is 1. The molecule has 0 spiro atoms. The maximum absolute atomic E-state index is 10.3. The molecule has 0 aromatic rings. The van der Waals surface area contributed by atoms with Crippen molar-refractivity contribution in [1.29, 1.82) is 0 Å². The van der Waals surface area contributed by atoms with Gasteiger partial charge in [0.2, 0.25) is 0 Å². The summed E-state index contributed by atoms with van der Waals surface area (Å²) in [6, 6.07) is -0.628. The average Bonchev–Trinajstić information content (AvgIpc) is 2.03. The minimum absolute atomic E-state index is 0.277. The molecular formula is C8H15N3O2. The molecule has 0 aliphatic carbocycles. The van der Waals surface area contributed by atoms with Crippen LogP contribution in [0.1, 0.15) is 19.8 Å². The van der Waals surface area contributed by atoms with Crippen molar-refractivity contribution >= 4 is 12.2 Å². The molecule has 0 saturated carbocycles. The number of ether oxygens (including phenoxy) is 1. The summed E-state index contributed by atoms with van der Waals surface area (Å²) >= 11 is 0. The zero-order chi connectivity index (χ0) is 9.68. The number of carbonyl (C=O) groups excluding carboxylic acids is 1. The molecule has 5 nitrogen and oxygen atoms in total. The number of nitrogens with two attached hydrogens (primary N) is 1. The van der Waals surface area contributed by atoms with Crippen LogP contribution >= 0.6 is 0 Å². The molecule has 0 radical (unpaired) electrons. The molecular weight excluding hydrogens is 170 g/mol. The fourth-order valence-corrected chi connectivity index (χ4v) is 1.37. The Labute approximate surface area is 77.3 Å². The summed E-state index contributed by atoms with van der Waals surface area (Å²) in [6.45, 7) is 2.79. The normalized spacial score (nSPS) is 29.0. The van der Waals surface area contributed by atoms with Crippen molar-refractivity contribution in [3.8, 4) is 0 Å². The Kier molecular flexibility index (Phi) is 3.70. The third kappa shape index (κ3) is 3.89. The van der Waals surface area contributed by atoms with Gasteiger partial charge in [-0.15, -0.1) is 0 Å². The van der Waals surface area contributed by atoms with E-state index in [2.05, 4.69) is 10.5 Å². The van der Waals surface area contributed by atoms with E-state index in [0.717, 1.165) is 19.4 Å². The maximum atomic E-state index is 10.3. The first kappa shape index (κ1) is 9.98. The van der Waals surface area contributed by atoms with Crippen LogP contribution in [0.3, 0.4) is 0 Å². The lowest BCUT2D eigenvalue weighted by Crippen LogP contribution is -2.27. The first-order valence-corrected chi connectivity index (χ1v) is 4.38. The molecule has 3 N–H and O–H groups in total. The Morgan fingerprint density at radius 2 is 2.54 bits per heavy atom. The minimum atomic E-state index is -0.628. The van der Waals surface area contributed by atoms with E-state index in [9.17, 15) is 4.79 Å². The summed E-state index contributed by atoms with van der Waals surface area (Å²) < 4.78 is 5.36. The van der Waals surface area contributed by atoms with E-state index in [1.807, 2.05) is 6.92 Å². The molecule has 1 heterocycles. The van der Waals surface area contributed by atoms with Crippen molar-refractivity contribution < 1.29 is 9.53 Å². The van der Waals surface area contributed by atoms with E-state index < -0.39 is 6.03 Å². The molecule has 2 amide bonds. The lowest BCUT2D eigenvalue weighted by atomic mass is 9.98. The van der Waals surface area contributed by atoms with E-state index in [1.165, 1.54) is 0 Å². The highest BCUT2D eigenvalue weighted by Gasteiger charge is 2.17. The van der Waals surface area contributed by atoms with Crippen molar-refractivity contribution in [2.45, 2.75) is 25.9 Å². The third-order valence-electron chi connectivity index (χ3n) is 1.99. The standard InChI is InChI=1S/C8H15N3O2/c1-6-4-7(2-3-13-6)5-10-11-8(9)12/h5-7H,2-4H2,1H3,(H3,9,11,12)/b10-5+. The number of amides is 2. The molecule has 1 fully saturated rings. The lowest BCUT2D eigenvalue weighted by Gasteiger charge is -2.24. The minimum Gasteiger partial charge on any atom is -0.378 e. The van der Waals surface area contributed by atoms with Gasteiger partial charge in [0, 0.05) is 18.7 Å². The van der Waals surface area contributed by atoms with E-state index in [1.54, 1.807) is 6.21 Å². The molecule has 0 aromatic heterocycles. The molecule has 5 heteroatoms. The molecule has 1 aliphatic rings. The van der Waals surface area contributed by atoms with Crippen molar-refractivity contribution in [3.63, 3.8) is 0 Å². The highest BCUT2D eigenvalue weighted by atomic mass is 16.5. The van der Waals surface area contributed by atoms with Crippen molar-refractivity contribution in [3.05, 3.63) is 0 Å². The number of primary amides is 1.